The molecule has 1 unspecified atom stereocenters. The van der Waals surface area contributed by atoms with E-state index in [0.717, 1.165) is 34.7 Å². The van der Waals surface area contributed by atoms with Gasteiger partial charge in [0.05, 0.1) is 6.10 Å². The molecule has 0 aromatic heterocycles. The largest absolute Gasteiger partial charge is 0.388 e. The highest BCUT2D eigenvalue weighted by molar-refractivity contribution is 9.10. The second-order valence-electron chi connectivity index (χ2n) is 7.06. The van der Waals surface area contributed by atoms with Crippen molar-refractivity contribution >= 4 is 15.9 Å². The standard InChI is InChI=1S/C18H28BrNO/c1-12(2)14-6-8-18(11-20,9-7-14)17(21)15-5-4-13(3)16(19)10-15/h4-5,10,12,14,17,21H,6-9,11,20H2,1-3H3. The quantitative estimate of drug-likeness (QED) is 0.831. The molecule has 0 saturated heterocycles. The van der Waals surface area contributed by atoms with E-state index in [9.17, 15) is 5.11 Å². The summed E-state index contributed by atoms with van der Waals surface area (Å²) < 4.78 is 1.06. The van der Waals surface area contributed by atoms with Crippen LogP contribution in [0.2, 0.25) is 0 Å². The van der Waals surface area contributed by atoms with Crippen LogP contribution in [0.1, 0.15) is 56.8 Å². The highest BCUT2D eigenvalue weighted by atomic mass is 79.9. The van der Waals surface area contributed by atoms with E-state index in [1.807, 2.05) is 12.1 Å². The normalized spacial score (nSPS) is 27.9. The Balaban J connectivity index is 2.18. The fraction of sp³-hybridized carbons (Fsp3) is 0.667. The van der Waals surface area contributed by atoms with Crippen LogP contribution in [0.5, 0.6) is 0 Å². The first-order chi connectivity index (χ1) is 9.89. The van der Waals surface area contributed by atoms with Crippen LogP contribution in [0.15, 0.2) is 22.7 Å². The molecule has 1 aliphatic rings. The predicted molar refractivity (Wildman–Crippen MR) is 92.1 cm³/mol. The molecule has 1 atom stereocenters. The Kier molecular flexibility index (Phi) is 5.50. The second kappa shape index (κ2) is 6.80. The van der Waals surface area contributed by atoms with Crippen molar-refractivity contribution in [1.82, 2.24) is 0 Å². The van der Waals surface area contributed by atoms with Crippen molar-refractivity contribution in [3.63, 3.8) is 0 Å². The molecular formula is C18H28BrNO. The minimum absolute atomic E-state index is 0.153. The summed E-state index contributed by atoms with van der Waals surface area (Å²) in [4.78, 5) is 0. The maximum atomic E-state index is 10.9. The summed E-state index contributed by atoms with van der Waals surface area (Å²) in [6, 6.07) is 6.15. The molecule has 3 N–H and O–H groups in total. The van der Waals surface area contributed by atoms with Gasteiger partial charge in [0.15, 0.2) is 0 Å². The van der Waals surface area contributed by atoms with Gasteiger partial charge in [0.1, 0.15) is 0 Å². The molecule has 1 fully saturated rings. The smallest absolute Gasteiger partial charge is 0.0858 e. The summed E-state index contributed by atoms with van der Waals surface area (Å²) in [5.74, 6) is 1.51. The molecule has 1 aromatic carbocycles. The molecule has 2 nitrogen and oxygen atoms in total. The zero-order chi connectivity index (χ0) is 15.6. The van der Waals surface area contributed by atoms with Crippen molar-refractivity contribution in [2.24, 2.45) is 23.0 Å². The van der Waals surface area contributed by atoms with Crippen molar-refractivity contribution in [3.05, 3.63) is 33.8 Å². The lowest BCUT2D eigenvalue weighted by Crippen LogP contribution is -2.40. The van der Waals surface area contributed by atoms with Crippen LogP contribution in [0.25, 0.3) is 0 Å². The zero-order valence-electron chi connectivity index (χ0n) is 13.4. The van der Waals surface area contributed by atoms with Gasteiger partial charge < -0.3 is 10.8 Å². The minimum atomic E-state index is -0.465. The molecule has 1 saturated carbocycles. The highest BCUT2D eigenvalue weighted by Crippen LogP contribution is 2.48. The van der Waals surface area contributed by atoms with E-state index in [4.69, 9.17) is 5.73 Å². The summed E-state index contributed by atoms with van der Waals surface area (Å²) in [5, 5.41) is 10.9. The van der Waals surface area contributed by atoms with Crippen LogP contribution in [-0.2, 0) is 0 Å². The number of aliphatic hydroxyl groups excluding tert-OH is 1. The first kappa shape index (κ1) is 17.0. The third-order valence-corrected chi connectivity index (χ3v) is 6.32. The van der Waals surface area contributed by atoms with Gasteiger partial charge in [-0.2, -0.15) is 0 Å². The molecule has 1 aromatic rings. The Morgan fingerprint density at radius 3 is 2.43 bits per heavy atom. The molecule has 118 valence electrons. The number of nitrogens with two attached hydrogens (primary N) is 1. The first-order valence-electron chi connectivity index (χ1n) is 8.04. The molecule has 0 spiro atoms. The maximum Gasteiger partial charge on any atom is 0.0858 e. The van der Waals surface area contributed by atoms with Crippen LogP contribution in [0, 0.1) is 24.2 Å². The Morgan fingerprint density at radius 1 is 1.33 bits per heavy atom. The molecule has 0 aliphatic heterocycles. The van der Waals surface area contributed by atoms with Crippen LogP contribution < -0.4 is 5.73 Å². The average Bonchev–Trinajstić information content (AvgIpc) is 2.49. The molecule has 0 amide bonds. The minimum Gasteiger partial charge on any atom is -0.388 e. The first-order valence-corrected chi connectivity index (χ1v) is 8.83. The summed E-state index contributed by atoms with van der Waals surface area (Å²) in [6.07, 6.45) is 3.95. The SMILES string of the molecule is Cc1ccc(C(O)C2(CN)CCC(C(C)C)CC2)cc1Br. The van der Waals surface area contributed by atoms with Gasteiger partial charge in [-0.1, -0.05) is 41.9 Å². The van der Waals surface area contributed by atoms with Crippen molar-refractivity contribution in [2.45, 2.75) is 52.6 Å². The van der Waals surface area contributed by atoms with E-state index in [2.05, 4.69) is 42.8 Å². The van der Waals surface area contributed by atoms with Gasteiger partial charge in [-0.25, -0.2) is 0 Å². The van der Waals surface area contributed by atoms with Crippen molar-refractivity contribution < 1.29 is 5.11 Å². The average molecular weight is 354 g/mol. The highest BCUT2D eigenvalue weighted by Gasteiger charge is 2.41. The fourth-order valence-electron chi connectivity index (χ4n) is 3.60. The Bertz CT molecular complexity index is 478. The van der Waals surface area contributed by atoms with Crippen LogP contribution in [0.3, 0.4) is 0 Å². The molecule has 21 heavy (non-hydrogen) atoms. The number of halogens is 1. The van der Waals surface area contributed by atoms with E-state index >= 15 is 0 Å². The summed E-state index contributed by atoms with van der Waals surface area (Å²) in [7, 11) is 0. The summed E-state index contributed by atoms with van der Waals surface area (Å²) in [6.45, 7) is 7.22. The molecule has 0 heterocycles. The lowest BCUT2D eigenvalue weighted by atomic mass is 9.64. The van der Waals surface area contributed by atoms with E-state index < -0.39 is 6.10 Å². The molecule has 2 rings (SSSR count). The van der Waals surface area contributed by atoms with Crippen molar-refractivity contribution in [1.29, 1.82) is 0 Å². The van der Waals surface area contributed by atoms with Gasteiger partial charge >= 0.3 is 0 Å². The van der Waals surface area contributed by atoms with Crippen molar-refractivity contribution in [2.75, 3.05) is 6.54 Å². The third-order valence-electron chi connectivity index (χ3n) is 5.47. The molecule has 0 radical (unpaired) electrons. The van der Waals surface area contributed by atoms with Gasteiger partial charge in [0.2, 0.25) is 0 Å². The second-order valence-corrected chi connectivity index (χ2v) is 7.91. The number of hydrogen-bond donors (Lipinski definition) is 2. The van der Waals surface area contributed by atoms with Gasteiger partial charge in [-0.05, 0) is 61.6 Å². The van der Waals surface area contributed by atoms with Crippen LogP contribution in [0.4, 0.5) is 0 Å². The van der Waals surface area contributed by atoms with E-state index in [1.165, 1.54) is 18.4 Å². The number of aryl methyl sites for hydroxylation is 1. The fourth-order valence-corrected chi connectivity index (χ4v) is 4.00. The number of hydrogen-bond acceptors (Lipinski definition) is 2. The van der Waals surface area contributed by atoms with Gasteiger partial charge in [0.25, 0.3) is 0 Å². The van der Waals surface area contributed by atoms with E-state index in [-0.39, 0.29) is 5.41 Å². The topological polar surface area (TPSA) is 46.2 Å². The number of rotatable bonds is 4. The number of benzene rings is 1. The molecular weight excluding hydrogens is 326 g/mol. The van der Waals surface area contributed by atoms with Crippen LogP contribution >= 0.6 is 15.9 Å². The van der Waals surface area contributed by atoms with Gasteiger partial charge in [-0.3, -0.25) is 0 Å². The van der Waals surface area contributed by atoms with Gasteiger partial charge in [-0.15, -0.1) is 0 Å². The Hall–Kier alpha value is -0.380. The summed E-state index contributed by atoms with van der Waals surface area (Å²) in [5.41, 5.74) is 8.12. The third kappa shape index (κ3) is 3.52. The molecule has 0 bridgehead atoms. The molecule has 3 heteroatoms. The summed E-state index contributed by atoms with van der Waals surface area (Å²) >= 11 is 3.56. The Morgan fingerprint density at radius 2 is 1.95 bits per heavy atom. The predicted octanol–water partition coefficient (Wildman–Crippen LogP) is 4.58. The van der Waals surface area contributed by atoms with E-state index in [0.29, 0.717) is 6.54 Å². The lowest BCUT2D eigenvalue weighted by molar-refractivity contribution is -0.0148. The maximum absolute atomic E-state index is 10.9. The lowest BCUT2D eigenvalue weighted by Gasteiger charge is -2.44. The van der Waals surface area contributed by atoms with Crippen LogP contribution in [-0.4, -0.2) is 11.7 Å². The molecule has 1 aliphatic carbocycles. The number of aliphatic hydroxyl groups is 1. The monoisotopic (exact) mass is 353 g/mol. The zero-order valence-corrected chi connectivity index (χ0v) is 15.0. The van der Waals surface area contributed by atoms with Crippen molar-refractivity contribution in [3.8, 4) is 0 Å². The van der Waals surface area contributed by atoms with E-state index in [1.54, 1.807) is 0 Å². The van der Waals surface area contributed by atoms with Gasteiger partial charge in [0, 0.05) is 16.4 Å². The Labute approximate surface area is 137 Å².